The van der Waals surface area contributed by atoms with E-state index in [1.807, 2.05) is 24.9 Å². The molecule has 0 radical (unpaired) electrons. The van der Waals surface area contributed by atoms with E-state index in [0.717, 1.165) is 38.5 Å². The van der Waals surface area contributed by atoms with E-state index in [-0.39, 0.29) is 24.5 Å². The number of allylic oxidation sites excluding steroid dienone is 12. The lowest BCUT2D eigenvalue weighted by Crippen LogP contribution is -2.38. The topological polar surface area (TPSA) is 135 Å². The Labute approximate surface area is 297 Å². The summed E-state index contributed by atoms with van der Waals surface area (Å²) in [4.78, 5) is 52.5. The molecule has 1 unspecified atom stereocenters. The van der Waals surface area contributed by atoms with Crippen LogP contribution in [-0.2, 0) is 14.3 Å². The van der Waals surface area contributed by atoms with E-state index < -0.39 is 23.6 Å². The Morgan fingerprint density at radius 3 is 2.02 bits per heavy atom. The van der Waals surface area contributed by atoms with E-state index in [1.54, 1.807) is 6.92 Å². The fourth-order valence-electron chi connectivity index (χ4n) is 5.04. The molecule has 0 bridgehead atoms. The summed E-state index contributed by atoms with van der Waals surface area (Å²) in [6.45, 7) is 7.96. The van der Waals surface area contributed by atoms with Crippen molar-refractivity contribution in [1.29, 1.82) is 0 Å². The zero-order chi connectivity index (χ0) is 36.4. The Balaban J connectivity index is 1.45. The molecule has 1 fully saturated rings. The van der Waals surface area contributed by atoms with E-state index >= 15 is 0 Å². The van der Waals surface area contributed by atoms with Gasteiger partial charge in [-0.3, -0.25) is 19.1 Å². The van der Waals surface area contributed by atoms with Gasteiger partial charge in [-0.05, 0) is 71.3 Å². The minimum atomic E-state index is -0.544. The fraction of sp³-hybridized carbons (Fsp3) is 0.538. The van der Waals surface area contributed by atoms with Crippen molar-refractivity contribution in [3.63, 3.8) is 0 Å². The Hall–Kier alpha value is -4.22. The van der Waals surface area contributed by atoms with Gasteiger partial charge in [0, 0.05) is 44.4 Å². The first-order chi connectivity index (χ1) is 24.2. The number of H-pyrrole nitrogens is 1. The minimum absolute atomic E-state index is 0.0193. The van der Waals surface area contributed by atoms with Gasteiger partial charge in [0.25, 0.3) is 5.56 Å². The standard InChI is InChI=1S/C39H59N5O6/c1-5-6-7-8-9-10-11-12-13-14-15-16-17-18-19-20-21-22-23-24-35(45)40-25-27-43(4)28-26-41-39(48)49-31-34-32(2)29-36(50-34)44-30-33(3)37(46)42-38(44)47/h6-7,9-10,12-13,15-16,18-19,21-22,30,32,34,36H,5,8,11,14,17,20,23-29,31H2,1-4H3,(H,40,45)(H,41,48)(H,42,46,47)/b7-6-,10-9-,13-12-,16-15-,19-18-,22-21-/t32-,34+,36?/m0/s1. The van der Waals surface area contributed by atoms with E-state index in [2.05, 4.69) is 89.4 Å². The van der Waals surface area contributed by atoms with Crippen molar-refractivity contribution in [2.45, 2.75) is 90.9 Å². The number of nitrogens with zero attached hydrogens (tertiary/aromatic N) is 2. The number of aromatic amines is 1. The van der Waals surface area contributed by atoms with Crippen molar-refractivity contribution >= 4 is 12.0 Å². The first-order valence-corrected chi connectivity index (χ1v) is 17.9. The monoisotopic (exact) mass is 693 g/mol. The zero-order valence-corrected chi connectivity index (χ0v) is 30.5. The van der Waals surface area contributed by atoms with Crippen molar-refractivity contribution in [3.8, 4) is 0 Å². The molecular formula is C39H59N5O6. The Morgan fingerprint density at radius 1 is 0.900 bits per heavy atom. The molecule has 1 aromatic heterocycles. The summed E-state index contributed by atoms with van der Waals surface area (Å²) in [6.07, 6.45) is 33.6. The Morgan fingerprint density at radius 2 is 1.44 bits per heavy atom. The van der Waals surface area contributed by atoms with Gasteiger partial charge in [-0.25, -0.2) is 9.59 Å². The molecule has 2 amide bonds. The molecule has 50 heavy (non-hydrogen) atoms. The molecule has 2 heterocycles. The molecule has 0 saturated carbocycles. The van der Waals surface area contributed by atoms with Crippen LogP contribution < -0.4 is 21.9 Å². The number of aryl methyl sites for hydroxylation is 1. The highest BCUT2D eigenvalue weighted by molar-refractivity contribution is 5.75. The highest BCUT2D eigenvalue weighted by Crippen LogP contribution is 2.32. The maximum atomic E-state index is 12.2. The van der Waals surface area contributed by atoms with E-state index in [4.69, 9.17) is 9.47 Å². The van der Waals surface area contributed by atoms with Gasteiger partial charge in [-0.2, -0.15) is 0 Å². The van der Waals surface area contributed by atoms with Crippen LogP contribution in [0.4, 0.5) is 4.79 Å². The smallest absolute Gasteiger partial charge is 0.407 e. The Kier molecular flexibility index (Phi) is 21.6. The quantitative estimate of drug-likeness (QED) is 0.119. The van der Waals surface area contributed by atoms with Crippen molar-refractivity contribution in [2.24, 2.45) is 5.92 Å². The maximum Gasteiger partial charge on any atom is 0.407 e. The summed E-state index contributed by atoms with van der Waals surface area (Å²) in [7, 11) is 1.92. The number of likely N-dealkylation sites (N-methyl/N-ethyl adjacent to an activating group) is 1. The zero-order valence-electron chi connectivity index (χ0n) is 30.5. The highest BCUT2D eigenvalue weighted by Gasteiger charge is 2.34. The summed E-state index contributed by atoms with van der Waals surface area (Å²) < 4.78 is 12.7. The fourth-order valence-corrected chi connectivity index (χ4v) is 5.04. The van der Waals surface area contributed by atoms with Gasteiger partial charge in [-0.15, -0.1) is 0 Å². The van der Waals surface area contributed by atoms with Gasteiger partial charge in [0.15, 0.2) is 0 Å². The van der Waals surface area contributed by atoms with Gasteiger partial charge < -0.3 is 25.0 Å². The third kappa shape index (κ3) is 18.5. The van der Waals surface area contributed by atoms with Crippen molar-refractivity contribution in [3.05, 3.63) is 106 Å². The second-order valence-corrected chi connectivity index (χ2v) is 12.5. The van der Waals surface area contributed by atoms with Gasteiger partial charge in [0.2, 0.25) is 5.91 Å². The molecule has 1 aromatic rings. The van der Waals surface area contributed by atoms with Gasteiger partial charge in [0.05, 0.1) is 6.10 Å². The number of aromatic nitrogens is 2. The third-order valence-corrected chi connectivity index (χ3v) is 8.09. The van der Waals surface area contributed by atoms with E-state index in [0.29, 0.717) is 51.0 Å². The summed E-state index contributed by atoms with van der Waals surface area (Å²) in [5, 5.41) is 5.67. The summed E-state index contributed by atoms with van der Waals surface area (Å²) in [5.74, 6) is 0.0738. The third-order valence-electron chi connectivity index (χ3n) is 8.09. The molecule has 276 valence electrons. The average Bonchev–Trinajstić information content (AvgIpc) is 3.46. The van der Waals surface area contributed by atoms with Crippen molar-refractivity contribution in [1.82, 2.24) is 25.1 Å². The number of hydrogen-bond donors (Lipinski definition) is 3. The van der Waals surface area contributed by atoms with Crippen LogP contribution in [-0.4, -0.2) is 72.4 Å². The number of alkyl carbamates (subject to hydrolysis) is 1. The van der Waals surface area contributed by atoms with Crippen LogP contribution in [0.3, 0.4) is 0 Å². The summed E-state index contributed by atoms with van der Waals surface area (Å²) in [5.41, 5.74) is -0.525. The molecule has 3 atom stereocenters. The van der Waals surface area contributed by atoms with Gasteiger partial charge >= 0.3 is 11.8 Å². The molecule has 0 aliphatic carbocycles. The average molecular weight is 694 g/mol. The molecule has 1 saturated heterocycles. The van der Waals surface area contributed by atoms with Crippen LogP contribution in [0.2, 0.25) is 0 Å². The lowest BCUT2D eigenvalue weighted by Gasteiger charge is -2.18. The van der Waals surface area contributed by atoms with Gasteiger partial charge in [-0.1, -0.05) is 86.8 Å². The lowest BCUT2D eigenvalue weighted by atomic mass is 10.0. The van der Waals surface area contributed by atoms with Crippen molar-refractivity contribution < 1.29 is 19.1 Å². The Bertz CT molecular complexity index is 1440. The van der Waals surface area contributed by atoms with Crippen molar-refractivity contribution in [2.75, 3.05) is 39.8 Å². The van der Waals surface area contributed by atoms with E-state index in [9.17, 15) is 19.2 Å². The molecule has 1 aliphatic rings. The molecule has 3 N–H and O–H groups in total. The van der Waals surface area contributed by atoms with Crippen LogP contribution in [0.25, 0.3) is 0 Å². The van der Waals surface area contributed by atoms with Gasteiger partial charge in [0.1, 0.15) is 12.8 Å². The lowest BCUT2D eigenvalue weighted by molar-refractivity contribution is -0.121. The van der Waals surface area contributed by atoms with Crippen LogP contribution in [0.1, 0.15) is 83.4 Å². The second kappa shape index (κ2) is 25.7. The number of hydrogen-bond acceptors (Lipinski definition) is 7. The molecule has 11 nitrogen and oxygen atoms in total. The number of rotatable bonds is 23. The molecule has 0 spiro atoms. The number of carbonyl (C=O) groups excluding carboxylic acids is 2. The summed E-state index contributed by atoms with van der Waals surface area (Å²) in [6, 6.07) is 0. The SMILES string of the molecule is CC/C=C\C/C=C\C/C=C\C/C=C\C/C=C\C/C=C\CCC(=O)NCCN(C)CCNC(=O)OC[C@H]1OC(n2cc(C)c(=O)[nH]c2=O)C[C@@H]1C. The first kappa shape index (κ1) is 41.9. The highest BCUT2D eigenvalue weighted by atomic mass is 16.6. The molecule has 2 rings (SSSR count). The summed E-state index contributed by atoms with van der Waals surface area (Å²) >= 11 is 0. The first-order valence-electron chi connectivity index (χ1n) is 17.9. The number of carbonyl (C=O) groups is 2. The predicted molar refractivity (Wildman–Crippen MR) is 201 cm³/mol. The number of amides is 2. The van der Waals surface area contributed by atoms with Crippen LogP contribution >= 0.6 is 0 Å². The second-order valence-electron chi connectivity index (χ2n) is 12.5. The van der Waals surface area contributed by atoms with Crippen LogP contribution in [0, 0.1) is 12.8 Å². The molecule has 1 aliphatic heterocycles. The molecular weight excluding hydrogens is 634 g/mol. The predicted octanol–water partition coefficient (Wildman–Crippen LogP) is 6.02. The maximum absolute atomic E-state index is 12.2. The van der Waals surface area contributed by atoms with E-state index in [1.165, 1.54) is 10.8 Å². The minimum Gasteiger partial charge on any atom is -0.447 e. The molecule has 0 aromatic carbocycles. The van der Waals surface area contributed by atoms with Crippen LogP contribution in [0.15, 0.2) is 88.7 Å². The largest absolute Gasteiger partial charge is 0.447 e. The molecule has 11 heteroatoms. The van der Waals surface area contributed by atoms with Crippen LogP contribution in [0.5, 0.6) is 0 Å². The number of ether oxygens (including phenoxy) is 2. The number of nitrogens with one attached hydrogen (secondary N) is 3. The normalized spacial score (nSPS) is 18.3.